The average Bonchev–Trinajstić information content (AvgIpc) is 3.16. The van der Waals surface area contributed by atoms with E-state index in [-0.39, 0.29) is 12.3 Å². The van der Waals surface area contributed by atoms with Crippen molar-refractivity contribution in [2.75, 3.05) is 30.3 Å². The summed E-state index contributed by atoms with van der Waals surface area (Å²) >= 11 is 3.18. The van der Waals surface area contributed by atoms with Gasteiger partial charge in [-0.05, 0) is 36.9 Å². The number of ketones is 1. The smallest absolute Gasteiger partial charge is 0.192 e. The van der Waals surface area contributed by atoms with Crippen LogP contribution in [0.1, 0.15) is 23.0 Å². The van der Waals surface area contributed by atoms with Gasteiger partial charge >= 0.3 is 0 Å². The van der Waals surface area contributed by atoms with Crippen LogP contribution in [-0.2, 0) is 0 Å². The van der Waals surface area contributed by atoms with Crippen LogP contribution in [0, 0.1) is 0 Å². The van der Waals surface area contributed by atoms with E-state index in [1.165, 1.54) is 11.3 Å². The lowest BCUT2D eigenvalue weighted by atomic mass is 10.2. The number of carbonyl (C=O) groups is 1. The average molecular weight is 361 g/mol. The molecule has 24 heavy (non-hydrogen) atoms. The van der Waals surface area contributed by atoms with Crippen molar-refractivity contribution in [2.45, 2.75) is 13.3 Å². The zero-order valence-corrected chi connectivity index (χ0v) is 15.2. The minimum atomic E-state index is 0.102. The third kappa shape index (κ3) is 3.99. The van der Waals surface area contributed by atoms with Gasteiger partial charge in [0.25, 0.3) is 0 Å². The van der Waals surface area contributed by atoms with Crippen molar-refractivity contribution in [2.24, 2.45) is 4.99 Å². The molecule has 0 radical (unpaired) electrons. The zero-order chi connectivity index (χ0) is 16.8. The first-order valence-corrected chi connectivity index (χ1v) is 9.89. The van der Waals surface area contributed by atoms with E-state index in [2.05, 4.69) is 4.99 Å². The minimum absolute atomic E-state index is 0.102. The van der Waals surface area contributed by atoms with Crippen LogP contribution in [0.5, 0.6) is 5.75 Å². The van der Waals surface area contributed by atoms with E-state index >= 15 is 0 Å². The predicted molar refractivity (Wildman–Crippen MR) is 103 cm³/mol. The summed E-state index contributed by atoms with van der Waals surface area (Å²) in [4.78, 5) is 20.1. The highest BCUT2D eigenvalue weighted by atomic mass is 32.2. The molecule has 1 aromatic heterocycles. The number of aliphatic imine (C=N–C) groups is 1. The van der Waals surface area contributed by atoms with Gasteiger partial charge in [-0.15, -0.1) is 11.3 Å². The summed E-state index contributed by atoms with van der Waals surface area (Å²) in [5.41, 5.74) is 0.900. The van der Waals surface area contributed by atoms with E-state index in [0.29, 0.717) is 6.61 Å². The van der Waals surface area contributed by atoms with E-state index in [0.717, 1.165) is 40.2 Å². The Morgan fingerprint density at radius 3 is 2.88 bits per heavy atom. The van der Waals surface area contributed by atoms with Crippen molar-refractivity contribution < 1.29 is 9.53 Å². The molecule has 1 aliphatic heterocycles. The maximum atomic E-state index is 12.7. The standard InChI is InChI=1S/C18H20N2O2S2/c1-2-22-16-8-4-3-7-14(16)20(18-19-10-6-12-24-18)13-15(21)17-9-5-11-23-17/h3-5,7-9,11H,2,6,10,12-13H2,1H3. The molecule has 1 aromatic carbocycles. The van der Waals surface area contributed by atoms with Gasteiger partial charge in [-0.3, -0.25) is 9.79 Å². The maximum Gasteiger partial charge on any atom is 0.192 e. The largest absolute Gasteiger partial charge is 0.492 e. The number of thiophene rings is 1. The lowest BCUT2D eigenvalue weighted by Crippen LogP contribution is -2.35. The molecular weight excluding hydrogens is 340 g/mol. The van der Waals surface area contributed by atoms with Crippen molar-refractivity contribution in [1.29, 1.82) is 0 Å². The Hall–Kier alpha value is -1.79. The molecule has 126 valence electrons. The molecular formula is C18H20N2O2S2. The molecule has 6 heteroatoms. The maximum absolute atomic E-state index is 12.7. The first-order chi connectivity index (χ1) is 11.8. The SMILES string of the molecule is CCOc1ccccc1N(CC(=O)c1cccs1)C1=NCCCS1. The fourth-order valence-corrected chi connectivity index (χ4v) is 4.10. The molecule has 2 aromatic rings. The van der Waals surface area contributed by atoms with Gasteiger partial charge < -0.3 is 9.64 Å². The number of hydrogen-bond acceptors (Lipinski definition) is 6. The third-order valence-corrected chi connectivity index (χ3v) is 5.58. The Bertz CT molecular complexity index is 714. The summed E-state index contributed by atoms with van der Waals surface area (Å²) in [6, 6.07) is 11.6. The summed E-state index contributed by atoms with van der Waals surface area (Å²) < 4.78 is 5.77. The van der Waals surface area contributed by atoms with Crippen LogP contribution in [0.3, 0.4) is 0 Å². The van der Waals surface area contributed by atoms with Crippen LogP contribution in [0.2, 0.25) is 0 Å². The van der Waals surface area contributed by atoms with Gasteiger partial charge in [0.05, 0.1) is 23.7 Å². The number of anilines is 1. The van der Waals surface area contributed by atoms with Gasteiger partial charge in [0, 0.05) is 12.3 Å². The van der Waals surface area contributed by atoms with Gasteiger partial charge in [-0.25, -0.2) is 0 Å². The topological polar surface area (TPSA) is 41.9 Å². The second-order valence-corrected chi connectivity index (χ2v) is 7.26. The monoisotopic (exact) mass is 360 g/mol. The molecule has 0 aliphatic carbocycles. The molecule has 4 nitrogen and oxygen atoms in total. The lowest BCUT2D eigenvalue weighted by molar-refractivity contribution is 0.101. The van der Waals surface area contributed by atoms with Crippen molar-refractivity contribution in [1.82, 2.24) is 0 Å². The summed E-state index contributed by atoms with van der Waals surface area (Å²) in [5, 5.41) is 2.83. The molecule has 0 saturated heterocycles. The van der Waals surface area contributed by atoms with E-state index in [1.807, 2.05) is 53.6 Å². The second-order valence-electron chi connectivity index (χ2n) is 5.25. The number of hydrogen-bond donors (Lipinski definition) is 0. The normalized spacial score (nSPS) is 14.1. The van der Waals surface area contributed by atoms with Crippen LogP contribution < -0.4 is 9.64 Å². The van der Waals surface area contributed by atoms with Crippen molar-refractivity contribution in [3.05, 3.63) is 46.7 Å². The van der Waals surface area contributed by atoms with Gasteiger partial charge in [-0.2, -0.15) is 0 Å². The number of rotatable bonds is 6. The Morgan fingerprint density at radius 1 is 1.29 bits per heavy atom. The number of Topliss-reactive ketones (excluding diaryl/α,β-unsaturated/α-hetero) is 1. The Morgan fingerprint density at radius 2 is 2.17 bits per heavy atom. The Labute approximate surface area is 150 Å². The number of nitrogens with zero attached hydrogens (tertiary/aromatic N) is 2. The molecule has 0 N–H and O–H groups in total. The molecule has 3 rings (SSSR count). The molecule has 0 bridgehead atoms. The fraction of sp³-hybridized carbons (Fsp3) is 0.333. The zero-order valence-electron chi connectivity index (χ0n) is 13.6. The number of thioether (sulfide) groups is 1. The van der Waals surface area contributed by atoms with Gasteiger partial charge in [0.15, 0.2) is 11.0 Å². The van der Waals surface area contributed by atoms with Gasteiger partial charge in [0.2, 0.25) is 0 Å². The van der Waals surface area contributed by atoms with E-state index < -0.39 is 0 Å². The van der Waals surface area contributed by atoms with Gasteiger partial charge in [0.1, 0.15) is 5.75 Å². The van der Waals surface area contributed by atoms with Crippen LogP contribution in [0.4, 0.5) is 5.69 Å². The second kappa shape index (κ2) is 8.35. The minimum Gasteiger partial charge on any atom is -0.492 e. The quantitative estimate of drug-likeness (QED) is 0.719. The highest BCUT2D eigenvalue weighted by Gasteiger charge is 2.23. The number of ether oxygens (including phenoxy) is 1. The summed E-state index contributed by atoms with van der Waals surface area (Å²) in [7, 11) is 0. The van der Waals surface area contributed by atoms with E-state index in [9.17, 15) is 4.79 Å². The first-order valence-electron chi connectivity index (χ1n) is 8.03. The lowest BCUT2D eigenvalue weighted by Gasteiger charge is -2.28. The molecule has 1 aliphatic rings. The summed E-state index contributed by atoms with van der Waals surface area (Å²) in [6.07, 6.45) is 1.08. The molecule has 0 saturated carbocycles. The van der Waals surface area contributed by atoms with Crippen molar-refractivity contribution >= 4 is 39.7 Å². The number of para-hydroxylation sites is 2. The van der Waals surface area contributed by atoms with Crippen LogP contribution in [0.15, 0.2) is 46.8 Å². The van der Waals surface area contributed by atoms with Crippen molar-refractivity contribution in [3.8, 4) is 5.75 Å². The molecule has 0 amide bonds. The van der Waals surface area contributed by atoms with Crippen LogP contribution in [-0.4, -0.2) is 36.4 Å². The highest BCUT2D eigenvalue weighted by Crippen LogP contribution is 2.32. The molecule has 0 atom stereocenters. The van der Waals surface area contributed by atoms with E-state index in [4.69, 9.17) is 4.74 Å². The first kappa shape index (κ1) is 17.0. The van der Waals surface area contributed by atoms with Gasteiger partial charge in [-0.1, -0.05) is 30.0 Å². The molecule has 0 unspecified atom stereocenters. The van der Waals surface area contributed by atoms with Crippen molar-refractivity contribution in [3.63, 3.8) is 0 Å². The number of amidine groups is 1. The number of carbonyl (C=O) groups excluding carboxylic acids is 1. The summed E-state index contributed by atoms with van der Waals surface area (Å²) in [5.74, 6) is 1.91. The summed E-state index contributed by atoms with van der Waals surface area (Å²) in [6.45, 7) is 3.63. The Balaban J connectivity index is 1.93. The molecule has 2 heterocycles. The molecule has 0 fully saturated rings. The number of benzene rings is 1. The highest BCUT2D eigenvalue weighted by molar-refractivity contribution is 8.14. The third-order valence-electron chi connectivity index (χ3n) is 3.57. The fourth-order valence-electron chi connectivity index (χ4n) is 2.48. The molecule has 0 spiro atoms. The van der Waals surface area contributed by atoms with Crippen LogP contribution in [0.25, 0.3) is 0 Å². The predicted octanol–water partition coefficient (Wildman–Crippen LogP) is 4.33. The van der Waals surface area contributed by atoms with Crippen LogP contribution >= 0.6 is 23.1 Å². The van der Waals surface area contributed by atoms with E-state index in [1.54, 1.807) is 11.8 Å². The Kier molecular flexibility index (Phi) is 5.93.